The molecule has 0 radical (unpaired) electrons. The van der Waals surface area contributed by atoms with Crippen LogP contribution in [0, 0.1) is 0 Å². The lowest BCUT2D eigenvalue weighted by molar-refractivity contribution is 0.160. The van der Waals surface area contributed by atoms with E-state index in [0.717, 1.165) is 36.9 Å². The van der Waals surface area contributed by atoms with Crippen LogP contribution in [-0.4, -0.2) is 27.9 Å². The lowest BCUT2D eigenvalue weighted by atomic mass is 9.94. The van der Waals surface area contributed by atoms with E-state index in [9.17, 15) is 9.90 Å². The lowest BCUT2D eigenvalue weighted by Crippen LogP contribution is -2.28. The van der Waals surface area contributed by atoms with Gasteiger partial charge in [0.2, 0.25) is 5.88 Å². The topological polar surface area (TPSA) is 64.3 Å². The Balaban J connectivity index is 1.94. The fourth-order valence-electron chi connectivity index (χ4n) is 3.06. The standard InChI is InChI=1S/C18H22N2O3/c1-3-14(21)6-4-12-5-7-15-13(10-12)8-9-20-16(15)11-17(23-2)19-18(20)22/h5,7,10-11,14,21H,3-4,6,8-9H2,1-2H3. The van der Waals surface area contributed by atoms with Crippen molar-refractivity contribution in [3.05, 3.63) is 45.9 Å². The summed E-state index contributed by atoms with van der Waals surface area (Å²) in [7, 11) is 1.52. The van der Waals surface area contributed by atoms with Gasteiger partial charge in [0.1, 0.15) is 0 Å². The molecule has 0 fully saturated rings. The molecule has 0 saturated heterocycles. The van der Waals surface area contributed by atoms with Crippen LogP contribution >= 0.6 is 0 Å². The highest BCUT2D eigenvalue weighted by Gasteiger charge is 2.19. The Morgan fingerprint density at radius 1 is 1.39 bits per heavy atom. The number of aliphatic hydroxyl groups excluding tert-OH is 1. The second kappa shape index (κ2) is 6.54. The number of ether oxygens (including phenoxy) is 1. The summed E-state index contributed by atoms with van der Waals surface area (Å²) in [6, 6.07) is 8.15. The minimum Gasteiger partial charge on any atom is -0.481 e. The Hall–Kier alpha value is -2.14. The van der Waals surface area contributed by atoms with E-state index in [2.05, 4.69) is 23.2 Å². The van der Waals surface area contributed by atoms with Crippen molar-refractivity contribution in [2.45, 2.75) is 45.3 Å². The molecular weight excluding hydrogens is 292 g/mol. The fourth-order valence-corrected chi connectivity index (χ4v) is 3.06. The van der Waals surface area contributed by atoms with Crippen LogP contribution in [0.4, 0.5) is 0 Å². The summed E-state index contributed by atoms with van der Waals surface area (Å²) >= 11 is 0. The molecule has 23 heavy (non-hydrogen) atoms. The summed E-state index contributed by atoms with van der Waals surface area (Å²) in [6.45, 7) is 2.63. The number of nitrogens with zero attached hydrogens (tertiary/aromatic N) is 2. The maximum atomic E-state index is 12.1. The number of fused-ring (bicyclic) bond motifs is 3. The monoisotopic (exact) mass is 314 g/mol. The molecule has 0 bridgehead atoms. The molecule has 0 saturated carbocycles. The number of aliphatic hydroxyl groups is 1. The number of hydrogen-bond acceptors (Lipinski definition) is 4. The molecule has 1 aromatic carbocycles. The highest BCUT2D eigenvalue weighted by molar-refractivity contribution is 5.67. The van der Waals surface area contributed by atoms with Gasteiger partial charge in [-0.3, -0.25) is 4.57 Å². The third-order valence-electron chi connectivity index (χ3n) is 4.48. The van der Waals surface area contributed by atoms with E-state index in [-0.39, 0.29) is 11.8 Å². The van der Waals surface area contributed by atoms with Crippen molar-refractivity contribution in [1.82, 2.24) is 9.55 Å². The number of methoxy groups -OCH3 is 1. The second-order valence-corrected chi connectivity index (χ2v) is 5.96. The molecule has 0 spiro atoms. The average Bonchev–Trinajstić information content (AvgIpc) is 2.58. The molecule has 1 aliphatic rings. The largest absolute Gasteiger partial charge is 0.481 e. The fraction of sp³-hybridized carbons (Fsp3) is 0.444. The number of aromatic nitrogens is 2. The molecule has 1 aromatic heterocycles. The number of benzene rings is 1. The molecule has 2 heterocycles. The first-order valence-corrected chi connectivity index (χ1v) is 8.08. The molecule has 1 atom stereocenters. The third kappa shape index (κ3) is 3.15. The SMILES string of the molecule is CCC(O)CCc1ccc2c(c1)CCn1c-2cc(OC)nc1=O. The van der Waals surface area contributed by atoms with E-state index in [1.165, 1.54) is 18.2 Å². The van der Waals surface area contributed by atoms with Gasteiger partial charge in [-0.05, 0) is 36.8 Å². The normalized spacial score (nSPS) is 14.0. The van der Waals surface area contributed by atoms with E-state index in [4.69, 9.17) is 4.74 Å². The van der Waals surface area contributed by atoms with Crippen LogP contribution in [0.5, 0.6) is 5.88 Å². The first kappa shape index (κ1) is 15.7. The molecule has 5 heteroatoms. The summed E-state index contributed by atoms with van der Waals surface area (Å²) < 4.78 is 6.82. The molecule has 5 nitrogen and oxygen atoms in total. The highest BCUT2D eigenvalue weighted by Crippen LogP contribution is 2.30. The predicted molar refractivity (Wildman–Crippen MR) is 88.8 cm³/mol. The van der Waals surface area contributed by atoms with Crippen LogP contribution in [0.15, 0.2) is 29.1 Å². The number of hydrogen-bond donors (Lipinski definition) is 1. The Bertz CT molecular complexity index is 767. The Labute approximate surface area is 135 Å². The number of aryl methyl sites for hydroxylation is 2. The molecule has 3 rings (SSSR count). The van der Waals surface area contributed by atoms with Gasteiger partial charge in [-0.15, -0.1) is 0 Å². The summed E-state index contributed by atoms with van der Waals surface area (Å²) in [4.78, 5) is 16.0. The zero-order valence-corrected chi connectivity index (χ0v) is 13.6. The van der Waals surface area contributed by atoms with E-state index >= 15 is 0 Å². The Kier molecular flexibility index (Phi) is 4.48. The summed E-state index contributed by atoms with van der Waals surface area (Å²) in [5, 5.41) is 9.72. The van der Waals surface area contributed by atoms with Crippen LogP contribution in [0.3, 0.4) is 0 Å². The Morgan fingerprint density at radius 2 is 2.22 bits per heavy atom. The van der Waals surface area contributed by atoms with E-state index < -0.39 is 0 Å². The average molecular weight is 314 g/mol. The van der Waals surface area contributed by atoms with Gasteiger partial charge in [0.15, 0.2) is 0 Å². The molecule has 2 aromatic rings. The van der Waals surface area contributed by atoms with Gasteiger partial charge in [0.25, 0.3) is 0 Å². The van der Waals surface area contributed by atoms with Crippen LogP contribution in [0.2, 0.25) is 0 Å². The zero-order valence-electron chi connectivity index (χ0n) is 13.6. The van der Waals surface area contributed by atoms with Crippen molar-refractivity contribution in [3.63, 3.8) is 0 Å². The van der Waals surface area contributed by atoms with Crippen molar-refractivity contribution in [1.29, 1.82) is 0 Å². The minimum atomic E-state index is -0.264. The summed E-state index contributed by atoms with van der Waals surface area (Å²) in [6.07, 6.45) is 3.02. The van der Waals surface area contributed by atoms with Gasteiger partial charge in [0, 0.05) is 18.2 Å². The quantitative estimate of drug-likeness (QED) is 0.919. The van der Waals surface area contributed by atoms with Crippen molar-refractivity contribution in [3.8, 4) is 17.1 Å². The highest BCUT2D eigenvalue weighted by atomic mass is 16.5. The van der Waals surface area contributed by atoms with Crippen molar-refractivity contribution in [2.75, 3.05) is 7.11 Å². The van der Waals surface area contributed by atoms with E-state index in [1.54, 1.807) is 4.57 Å². The van der Waals surface area contributed by atoms with Crippen molar-refractivity contribution in [2.24, 2.45) is 0 Å². The van der Waals surface area contributed by atoms with Crippen LogP contribution in [0.1, 0.15) is 30.9 Å². The van der Waals surface area contributed by atoms with Gasteiger partial charge >= 0.3 is 5.69 Å². The van der Waals surface area contributed by atoms with Gasteiger partial charge in [0.05, 0.1) is 18.9 Å². The van der Waals surface area contributed by atoms with Crippen LogP contribution in [0.25, 0.3) is 11.3 Å². The zero-order chi connectivity index (χ0) is 16.4. The van der Waals surface area contributed by atoms with E-state index in [0.29, 0.717) is 12.4 Å². The van der Waals surface area contributed by atoms with E-state index in [1.807, 2.05) is 13.0 Å². The summed E-state index contributed by atoms with van der Waals surface area (Å²) in [5.41, 5.74) is 4.13. The third-order valence-corrected chi connectivity index (χ3v) is 4.48. The van der Waals surface area contributed by atoms with Gasteiger partial charge in [-0.2, -0.15) is 4.98 Å². The minimum absolute atomic E-state index is 0.235. The lowest BCUT2D eigenvalue weighted by Gasteiger charge is -2.22. The van der Waals surface area contributed by atoms with Crippen molar-refractivity contribution < 1.29 is 9.84 Å². The van der Waals surface area contributed by atoms with Crippen molar-refractivity contribution >= 4 is 0 Å². The maximum absolute atomic E-state index is 12.1. The van der Waals surface area contributed by atoms with Gasteiger partial charge < -0.3 is 9.84 Å². The first-order chi connectivity index (χ1) is 11.1. The first-order valence-electron chi connectivity index (χ1n) is 8.08. The smallest absolute Gasteiger partial charge is 0.351 e. The second-order valence-electron chi connectivity index (χ2n) is 5.96. The van der Waals surface area contributed by atoms with Crippen LogP contribution in [-0.2, 0) is 19.4 Å². The number of rotatable bonds is 5. The van der Waals surface area contributed by atoms with Gasteiger partial charge in [-0.25, -0.2) is 4.79 Å². The molecule has 0 amide bonds. The molecule has 1 aliphatic heterocycles. The molecular formula is C18H22N2O3. The van der Waals surface area contributed by atoms with Crippen LogP contribution < -0.4 is 10.4 Å². The Morgan fingerprint density at radius 3 is 2.96 bits per heavy atom. The molecule has 1 unspecified atom stereocenters. The molecule has 0 aliphatic carbocycles. The molecule has 122 valence electrons. The maximum Gasteiger partial charge on any atom is 0.351 e. The molecule has 1 N–H and O–H groups in total. The van der Waals surface area contributed by atoms with Gasteiger partial charge in [-0.1, -0.05) is 25.1 Å². The summed E-state index contributed by atoms with van der Waals surface area (Å²) in [5.74, 6) is 0.351. The predicted octanol–water partition coefficient (Wildman–Crippen LogP) is 2.18.